The summed E-state index contributed by atoms with van der Waals surface area (Å²) in [5.74, 6) is -1.34. The van der Waals surface area contributed by atoms with Gasteiger partial charge in [-0.1, -0.05) is 63.9 Å². The Morgan fingerprint density at radius 3 is 2.29 bits per heavy atom. The van der Waals surface area contributed by atoms with Gasteiger partial charge in [0.2, 0.25) is 5.91 Å². The van der Waals surface area contributed by atoms with Gasteiger partial charge in [0.15, 0.2) is 6.10 Å². The van der Waals surface area contributed by atoms with Crippen molar-refractivity contribution < 1.29 is 14.4 Å². The molecule has 2 saturated heterocycles. The first-order valence-corrected chi connectivity index (χ1v) is 11.0. The monoisotopic (exact) mass is 496 g/mol. The summed E-state index contributed by atoms with van der Waals surface area (Å²) >= 11 is 9.72. The number of para-hydroxylation sites is 1. The molecule has 5 nitrogen and oxygen atoms in total. The van der Waals surface area contributed by atoms with Crippen LogP contribution in [0.2, 0.25) is 5.02 Å². The van der Waals surface area contributed by atoms with E-state index in [4.69, 9.17) is 16.4 Å². The zero-order chi connectivity index (χ0) is 21.7. The number of nitrogens with zero attached hydrogens (tertiary/aromatic N) is 2. The molecule has 2 aliphatic rings. The second-order valence-corrected chi connectivity index (χ2v) is 8.98. The van der Waals surface area contributed by atoms with Gasteiger partial charge < -0.3 is 0 Å². The maximum Gasteiger partial charge on any atom is 0.266 e. The average molecular weight is 498 g/mol. The van der Waals surface area contributed by atoms with Crippen molar-refractivity contribution in [1.29, 1.82) is 0 Å². The van der Waals surface area contributed by atoms with Gasteiger partial charge >= 0.3 is 0 Å². The van der Waals surface area contributed by atoms with Crippen LogP contribution in [0.1, 0.15) is 17.2 Å². The van der Waals surface area contributed by atoms with Crippen molar-refractivity contribution in [3.8, 4) is 0 Å². The number of fused-ring (bicyclic) bond motifs is 1. The number of amides is 2. The van der Waals surface area contributed by atoms with E-state index in [0.29, 0.717) is 10.7 Å². The summed E-state index contributed by atoms with van der Waals surface area (Å²) in [6.07, 6.45) is -0.901. The lowest BCUT2D eigenvalue weighted by Crippen LogP contribution is -2.37. The fraction of sp³-hybridized carbons (Fsp3) is 0.167. The van der Waals surface area contributed by atoms with Gasteiger partial charge in [-0.05, 0) is 54.4 Å². The first-order chi connectivity index (χ1) is 15.0. The number of anilines is 2. The van der Waals surface area contributed by atoms with Gasteiger partial charge in [-0.25, -0.2) is 9.96 Å². The minimum absolute atomic E-state index is 0.290. The number of imide groups is 1. The van der Waals surface area contributed by atoms with Crippen molar-refractivity contribution in [3.05, 3.63) is 93.4 Å². The Hall–Kier alpha value is -2.67. The van der Waals surface area contributed by atoms with Crippen molar-refractivity contribution in [2.24, 2.45) is 5.92 Å². The molecule has 0 spiro atoms. The molecular weight excluding hydrogens is 480 g/mol. The van der Waals surface area contributed by atoms with E-state index in [2.05, 4.69) is 15.9 Å². The topological polar surface area (TPSA) is 49.9 Å². The maximum atomic E-state index is 13.6. The molecule has 2 aliphatic heterocycles. The Morgan fingerprint density at radius 1 is 0.903 bits per heavy atom. The van der Waals surface area contributed by atoms with E-state index in [9.17, 15) is 9.59 Å². The summed E-state index contributed by atoms with van der Waals surface area (Å²) < 4.78 is 0.933. The summed E-state index contributed by atoms with van der Waals surface area (Å²) in [5.41, 5.74) is 3.02. The first kappa shape index (κ1) is 20.2. The lowest BCUT2D eigenvalue weighted by molar-refractivity contribution is -0.126. The number of benzene rings is 3. The highest BCUT2D eigenvalue weighted by Gasteiger charge is 2.60. The highest BCUT2D eigenvalue weighted by molar-refractivity contribution is 9.10. The molecule has 0 bridgehead atoms. The van der Waals surface area contributed by atoms with E-state index in [1.54, 1.807) is 23.3 Å². The number of carbonyl (C=O) groups is 2. The molecule has 5 rings (SSSR count). The number of aryl methyl sites for hydroxylation is 1. The summed E-state index contributed by atoms with van der Waals surface area (Å²) in [6, 6.07) is 22.0. The molecule has 2 heterocycles. The highest BCUT2D eigenvalue weighted by atomic mass is 79.9. The van der Waals surface area contributed by atoms with Gasteiger partial charge in [0, 0.05) is 9.50 Å². The minimum atomic E-state index is -0.901. The normalized spacial score (nSPS) is 22.9. The van der Waals surface area contributed by atoms with E-state index in [0.717, 1.165) is 21.3 Å². The van der Waals surface area contributed by atoms with Crippen molar-refractivity contribution in [3.63, 3.8) is 0 Å². The van der Waals surface area contributed by atoms with Gasteiger partial charge in [-0.3, -0.25) is 14.4 Å². The SMILES string of the molecule is Cc1ccc(N2C(=O)[C@H]3[C@@H](ON(c4ccccc4)[C@H]3c3ccc(Br)cc3)C2=O)cc1Cl. The van der Waals surface area contributed by atoms with E-state index >= 15 is 0 Å². The van der Waals surface area contributed by atoms with Gasteiger partial charge in [-0.15, -0.1) is 0 Å². The Labute approximate surface area is 193 Å². The summed E-state index contributed by atoms with van der Waals surface area (Å²) in [4.78, 5) is 34.2. The summed E-state index contributed by atoms with van der Waals surface area (Å²) in [7, 11) is 0. The summed E-state index contributed by atoms with van der Waals surface area (Å²) in [5, 5.41) is 2.19. The number of hydroxylamine groups is 1. The number of hydrogen-bond acceptors (Lipinski definition) is 4. The van der Waals surface area contributed by atoms with Crippen LogP contribution in [0.3, 0.4) is 0 Å². The Morgan fingerprint density at radius 2 is 1.61 bits per heavy atom. The number of rotatable bonds is 3. The Kier molecular flexibility index (Phi) is 5.08. The van der Waals surface area contributed by atoms with Crippen LogP contribution in [0.25, 0.3) is 0 Å². The lowest BCUT2D eigenvalue weighted by Gasteiger charge is -2.28. The zero-order valence-corrected chi connectivity index (χ0v) is 18.9. The predicted molar refractivity (Wildman–Crippen MR) is 123 cm³/mol. The Bertz CT molecular complexity index is 1170. The molecule has 0 N–H and O–H groups in total. The molecular formula is C24H18BrClN2O3. The van der Waals surface area contributed by atoms with Crippen LogP contribution in [0.5, 0.6) is 0 Å². The molecule has 3 atom stereocenters. The molecule has 31 heavy (non-hydrogen) atoms. The fourth-order valence-corrected chi connectivity index (χ4v) is 4.63. The third-order valence-corrected chi connectivity index (χ3v) is 6.69. The number of carbonyl (C=O) groups excluding carboxylic acids is 2. The van der Waals surface area contributed by atoms with Crippen LogP contribution in [0, 0.1) is 12.8 Å². The van der Waals surface area contributed by atoms with E-state index in [1.807, 2.05) is 61.5 Å². The van der Waals surface area contributed by atoms with Crippen molar-refractivity contribution in [2.45, 2.75) is 19.1 Å². The largest absolute Gasteiger partial charge is 0.273 e. The Balaban J connectivity index is 1.58. The van der Waals surface area contributed by atoms with Crippen molar-refractivity contribution in [1.82, 2.24) is 0 Å². The van der Waals surface area contributed by atoms with E-state index < -0.39 is 18.1 Å². The van der Waals surface area contributed by atoms with Crippen LogP contribution in [-0.2, 0) is 14.4 Å². The lowest BCUT2D eigenvalue weighted by atomic mass is 9.90. The smallest absolute Gasteiger partial charge is 0.266 e. The third-order valence-electron chi connectivity index (χ3n) is 5.75. The second-order valence-electron chi connectivity index (χ2n) is 7.65. The molecule has 0 aromatic heterocycles. The fourth-order valence-electron chi connectivity index (χ4n) is 4.19. The minimum Gasteiger partial charge on any atom is -0.273 e. The molecule has 0 unspecified atom stereocenters. The number of halogens is 2. The molecule has 2 amide bonds. The van der Waals surface area contributed by atoms with Crippen LogP contribution in [-0.4, -0.2) is 17.9 Å². The first-order valence-electron chi connectivity index (χ1n) is 9.86. The van der Waals surface area contributed by atoms with Crippen LogP contribution >= 0.6 is 27.5 Å². The third kappa shape index (κ3) is 3.35. The standard InChI is InChI=1S/C24H18BrClN2O3/c1-14-7-12-18(13-19(14)26)27-23(29)20-21(15-8-10-16(25)11-9-15)28(31-22(20)24(27)30)17-5-3-2-4-6-17/h2-13,20-22H,1H3/t20-,21+,22-/m1/s1. The van der Waals surface area contributed by atoms with Crippen LogP contribution in [0.15, 0.2) is 77.3 Å². The van der Waals surface area contributed by atoms with Crippen LogP contribution in [0.4, 0.5) is 11.4 Å². The van der Waals surface area contributed by atoms with Crippen molar-refractivity contribution >= 4 is 50.7 Å². The van der Waals surface area contributed by atoms with Gasteiger partial charge in [0.1, 0.15) is 5.92 Å². The molecule has 2 fully saturated rings. The molecule has 3 aromatic carbocycles. The van der Waals surface area contributed by atoms with Crippen molar-refractivity contribution in [2.75, 3.05) is 9.96 Å². The highest BCUT2D eigenvalue weighted by Crippen LogP contribution is 2.47. The molecule has 0 radical (unpaired) electrons. The van der Waals surface area contributed by atoms with E-state index in [1.165, 1.54) is 4.90 Å². The molecule has 3 aromatic rings. The molecule has 7 heteroatoms. The molecule has 0 aliphatic carbocycles. The second kappa shape index (κ2) is 7.79. The average Bonchev–Trinajstić information content (AvgIpc) is 3.28. The number of hydrogen-bond donors (Lipinski definition) is 0. The quantitative estimate of drug-likeness (QED) is 0.451. The van der Waals surface area contributed by atoms with Gasteiger partial charge in [0.05, 0.1) is 17.4 Å². The predicted octanol–water partition coefficient (Wildman–Crippen LogP) is 5.46. The maximum absolute atomic E-state index is 13.6. The summed E-state index contributed by atoms with van der Waals surface area (Å²) in [6.45, 7) is 1.87. The van der Waals surface area contributed by atoms with E-state index in [-0.39, 0.29) is 11.8 Å². The molecule has 0 saturated carbocycles. The van der Waals surface area contributed by atoms with Gasteiger partial charge in [-0.2, -0.15) is 0 Å². The zero-order valence-electron chi connectivity index (χ0n) is 16.5. The van der Waals surface area contributed by atoms with Crippen LogP contribution < -0.4 is 9.96 Å². The molecule has 156 valence electrons. The van der Waals surface area contributed by atoms with Gasteiger partial charge in [0.25, 0.3) is 5.91 Å².